The molecule has 1 spiro atoms. The molecule has 3 heteroatoms. The molecule has 3 nitrogen and oxygen atoms in total. The first-order valence-electron chi connectivity index (χ1n) is 7.86. The first-order chi connectivity index (χ1) is 9.36. The maximum absolute atomic E-state index is 5.45. The molecule has 1 aromatic rings. The first-order valence-corrected chi connectivity index (χ1v) is 7.86. The third kappa shape index (κ3) is 3.40. The molecule has 1 aromatic heterocycles. The molecule has 0 atom stereocenters. The van der Waals surface area contributed by atoms with Crippen molar-refractivity contribution in [3.8, 4) is 0 Å². The molecule has 1 saturated heterocycles. The predicted octanol–water partition coefficient (Wildman–Crippen LogP) is 2.82. The second-order valence-corrected chi connectivity index (χ2v) is 6.23. The molecule has 2 aliphatic rings. The number of nitrogens with one attached hydrogen (secondary N) is 1. The summed E-state index contributed by atoms with van der Waals surface area (Å²) in [6.07, 6.45) is 11.1. The Hall–Kier alpha value is -0.800. The van der Waals surface area contributed by atoms with Crippen LogP contribution in [-0.4, -0.2) is 36.6 Å². The molecular weight excluding hydrogens is 236 g/mol. The van der Waals surface area contributed by atoms with Gasteiger partial charge < -0.3 is 14.6 Å². The van der Waals surface area contributed by atoms with Gasteiger partial charge in [-0.2, -0.15) is 0 Å². The highest BCUT2D eigenvalue weighted by Gasteiger charge is 2.34. The van der Waals surface area contributed by atoms with Crippen LogP contribution in [0.3, 0.4) is 0 Å². The van der Waals surface area contributed by atoms with Crippen molar-refractivity contribution in [1.29, 1.82) is 0 Å². The molecule has 1 N–H and O–H groups in total. The van der Waals surface area contributed by atoms with Crippen molar-refractivity contribution < 1.29 is 4.42 Å². The van der Waals surface area contributed by atoms with Crippen LogP contribution in [-0.2, 0) is 6.42 Å². The standard InChI is InChI=1S/C16H26N2O/c1-2-8-16(9-3-1)14-18(11-5-10-17-16)12-7-15-6-4-13-19-15/h4,6,13,17H,1-3,5,7-12,14H2. The fraction of sp³-hybridized carbons (Fsp3) is 0.750. The van der Waals surface area contributed by atoms with Gasteiger partial charge in [-0.25, -0.2) is 0 Å². The third-order valence-corrected chi connectivity index (χ3v) is 4.74. The zero-order valence-corrected chi connectivity index (χ0v) is 11.9. The molecule has 19 heavy (non-hydrogen) atoms. The number of hydrogen-bond donors (Lipinski definition) is 1. The Morgan fingerprint density at radius 2 is 2.11 bits per heavy atom. The lowest BCUT2D eigenvalue weighted by Gasteiger charge is -2.40. The molecule has 1 aliphatic carbocycles. The van der Waals surface area contributed by atoms with Gasteiger partial charge in [0.2, 0.25) is 0 Å². The third-order valence-electron chi connectivity index (χ3n) is 4.74. The molecule has 1 aliphatic heterocycles. The number of rotatable bonds is 3. The molecule has 0 aromatic carbocycles. The monoisotopic (exact) mass is 262 g/mol. The van der Waals surface area contributed by atoms with Crippen LogP contribution in [0.4, 0.5) is 0 Å². The van der Waals surface area contributed by atoms with E-state index in [1.807, 2.05) is 6.07 Å². The van der Waals surface area contributed by atoms with Gasteiger partial charge in [-0.1, -0.05) is 19.3 Å². The zero-order chi connectivity index (χ0) is 13.0. The van der Waals surface area contributed by atoms with Crippen LogP contribution < -0.4 is 5.32 Å². The molecule has 1 saturated carbocycles. The Kier molecular flexibility index (Phi) is 4.24. The van der Waals surface area contributed by atoms with Gasteiger partial charge in [0.15, 0.2) is 0 Å². The van der Waals surface area contributed by atoms with E-state index < -0.39 is 0 Å². The summed E-state index contributed by atoms with van der Waals surface area (Å²) in [7, 11) is 0. The molecule has 0 unspecified atom stereocenters. The summed E-state index contributed by atoms with van der Waals surface area (Å²) in [5.41, 5.74) is 0.415. The highest BCUT2D eigenvalue weighted by Crippen LogP contribution is 2.30. The maximum Gasteiger partial charge on any atom is 0.105 e. The van der Waals surface area contributed by atoms with Crippen molar-refractivity contribution in [1.82, 2.24) is 10.2 Å². The van der Waals surface area contributed by atoms with Crippen molar-refractivity contribution in [2.75, 3.05) is 26.2 Å². The molecular formula is C16H26N2O. The van der Waals surface area contributed by atoms with Crippen molar-refractivity contribution >= 4 is 0 Å². The minimum absolute atomic E-state index is 0.415. The average molecular weight is 262 g/mol. The van der Waals surface area contributed by atoms with Crippen LogP contribution >= 0.6 is 0 Å². The lowest BCUT2D eigenvalue weighted by atomic mass is 9.81. The van der Waals surface area contributed by atoms with E-state index in [2.05, 4.69) is 16.3 Å². The van der Waals surface area contributed by atoms with E-state index in [-0.39, 0.29) is 0 Å². The normalized spacial score (nSPS) is 24.4. The van der Waals surface area contributed by atoms with E-state index in [0.717, 1.165) is 18.7 Å². The van der Waals surface area contributed by atoms with Gasteiger partial charge in [0.1, 0.15) is 5.76 Å². The van der Waals surface area contributed by atoms with E-state index in [1.54, 1.807) is 6.26 Å². The number of hydrogen-bond acceptors (Lipinski definition) is 3. The highest BCUT2D eigenvalue weighted by atomic mass is 16.3. The minimum Gasteiger partial charge on any atom is -0.469 e. The van der Waals surface area contributed by atoms with E-state index in [1.165, 1.54) is 58.2 Å². The molecule has 106 valence electrons. The minimum atomic E-state index is 0.415. The van der Waals surface area contributed by atoms with Crippen molar-refractivity contribution in [3.05, 3.63) is 24.2 Å². The van der Waals surface area contributed by atoms with Crippen LogP contribution in [0.5, 0.6) is 0 Å². The van der Waals surface area contributed by atoms with E-state index in [9.17, 15) is 0 Å². The molecule has 2 fully saturated rings. The molecule has 0 amide bonds. The topological polar surface area (TPSA) is 28.4 Å². The van der Waals surface area contributed by atoms with Gasteiger partial charge in [-0.15, -0.1) is 0 Å². The van der Waals surface area contributed by atoms with E-state index >= 15 is 0 Å². The Morgan fingerprint density at radius 3 is 2.89 bits per heavy atom. The summed E-state index contributed by atoms with van der Waals surface area (Å²) in [4.78, 5) is 2.65. The largest absolute Gasteiger partial charge is 0.469 e. The lowest BCUT2D eigenvalue weighted by molar-refractivity contribution is 0.163. The fourth-order valence-corrected chi connectivity index (χ4v) is 3.70. The number of nitrogens with zero attached hydrogens (tertiary/aromatic N) is 1. The van der Waals surface area contributed by atoms with Crippen LogP contribution in [0.1, 0.15) is 44.3 Å². The smallest absolute Gasteiger partial charge is 0.105 e. The molecule has 0 bridgehead atoms. The highest BCUT2D eigenvalue weighted by molar-refractivity contribution is 5.00. The van der Waals surface area contributed by atoms with Crippen molar-refractivity contribution in [3.63, 3.8) is 0 Å². The Balaban J connectivity index is 1.57. The lowest BCUT2D eigenvalue weighted by Crippen LogP contribution is -2.52. The van der Waals surface area contributed by atoms with Gasteiger partial charge in [0.25, 0.3) is 0 Å². The summed E-state index contributed by atoms with van der Waals surface area (Å²) in [6.45, 7) is 4.79. The molecule has 3 rings (SSSR count). The van der Waals surface area contributed by atoms with Gasteiger partial charge in [-0.05, 0) is 44.5 Å². The zero-order valence-electron chi connectivity index (χ0n) is 11.9. The summed E-state index contributed by atoms with van der Waals surface area (Å²) < 4.78 is 5.45. The molecule has 0 radical (unpaired) electrons. The summed E-state index contributed by atoms with van der Waals surface area (Å²) >= 11 is 0. The van der Waals surface area contributed by atoms with Crippen LogP contribution in [0, 0.1) is 0 Å². The Morgan fingerprint density at radius 1 is 1.21 bits per heavy atom. The SMILES string of the molecule is c1coc(CCN2CCCNC3(CCCCC3)C2)c1. The van der Waals surface area contributed by atoms with Gasteiger partial charge in [0, 0.05) is 25.0 Å². The summed E-state index contributed by atoms with van der Waals surface area (Å²) in [5.74, 6) is 1.12. The van der Waals surface area contributed by atoms with Crippen LogP contribution in [0.2, 0.25) is 0 Å². The number of furan rings is 1. The van der Waals surface area contributed by atoms with Gasteiger partial charge in [-0.3, -0.25) is 0 Å². The van der Waals surface area contributed by atoms with Crippen LogP contribution in [0.25, 0.3) is 0 Å². The maximum atomic E-state index is 5.45. The summed E-state index contributed by atoms with van der Waals surface area (Å²) in [5, 5.41) is 3.86. The quantitative estimate of drug-likeness (QED) is 0.908. The van der Waals surface area contributed by atoms with Crippen LogP contribution in [0.15, 0.2) is 22.8 Å². The van der Waals surface area contributed by atoms with Gasteiger partial charge >= 0.3 is 0 Å². The van der Waals surface area contributed by atoms with Gasteiger partial charge in [0.05, 0.1) is 6.26 Å². The van der Waals surface area contributed by atoms with E-state index in [0.29, 0.717) is 5.54 Å². The Bertz CT molecular complexity index is 368. The molecule has 2 heterocycles. The summed E-state index contributed by atoms with van der Waals surface area (Å²) in [6, 6.07) is 4.08. The Labute approximate surface area is 116 Å². The second kappa shape index (κ2) is 6.10. The fourth-order valence-electron chi connectivity index (χ4n) is 3.70. The van der Waals surface area contributed by atoms with Crippen molar-refractivity contribution in [2.24, 2.45) is 0 Å². The first kappa shape index (κ1) is 13.2. The second-order valence-electron chi connectivity index (χ2n) is 6.23. The van der Waals surface area contributed by atoms with E-state index in [4.69, 9.17) is 4.42 Å². The van der Waals surface area contributed by atoms with Crippen molar-refractivity contribution in [2.45, 2.75) is 50.5 Å². The predicted molar refractivity (Wildman–Crippen MR) is 77.3 cm³/mol. The average Bonchev–Trinajstić information content (AvgIpc) is 2.88.